The summed E-state index contributed by atoms with van der Waals surface area (Å²) in [6.45, 7) is 1.69. The van der Waals surface area contributed by atoms with Crippen LogP contribution in [0.5, 0.6) is 0 Å². The summed E-state index contributed by atoms with van der Waals surface area (Å²) in [4.78, 5) is 37.2. The minimum absolute atomic E-state index is 0. The molecule has 6 N–H and O–H groups in total. The number of hydrogen-bond donors (Lipinski definition) is 3. The first-order chi connectivity index (χ1) is 11.4. The number of carbonyl (C=O) groups is 3. The summed E-state index contributed by atoms with van der Waals surface area (Å²) in [7, 11) is 0. The quantitative estimate of drug-likeness (QED) is 0.620. The number of nitrogens with one attached hydrogen (secondary N) is 1. The maximum atomic E-state index is 12.3. The van der Waals surface area contributed by atoms with Gasteiger partial charge in [0.25, 0.3) is 5.91 Å². The molecule has 2 aliphatic heterocycles. The fraction of sp³-hybridized carbons (Fsp3) is 0.312. The number of β-lactam (4-membered cyclic amide) rings is 1. The van der Waals surface area contributed by atoms with E-state index in [1.807, 2.05) is 6.07 Å². The van der Waals surface area contributed by atoms with Crippen LogP contribution in [0.1, 0.15) is 18.5 Å². The number of carboxylic acid groups (broad SMARTS) is 1. The summed E-state index contributed by atoms with van der Waals surface area (Å²) < 4.78 is 0. The van der Waals surface area contributed by atoms with Crippen molar-refractivity contribution in [1.29, 1.82) is 0 Å². The van der Waals surface area contributed by atoms with Crippen molar-refractivity contribution < 1.29 is 25.0 Å². The number of carboxylic acids is 1. The van der Waals surface area contributed by atoms with Crippen LogP contribution in [0.15, 0.2) is 41.6 Å². The van der Waals surface area contributed by atoms with Crippen LogP contribution < -0.4 is 11.1 Å². The molecule has 0 saturated carbocycles. The normalized spacial score (nSPS) is 23.1. The molecule has 0 unspecified atom stereocenters. The molecule has 1 aromatic rings. The fourth-order valence-electron chi connectivity index (χ4n) is 2.83. The van der Waals surface area contributed by atoms with Crippen LogP contribution in [0.2, 0.25) is 0 Å². The lowest BCUT2D eigenvalue weighted by Gasteiger charge is -2.49. The second kappa shape index (κ2) is 7.26. The van der Waals surface area contributed by atoms with E-state index in [2.05, 4.69) is 5.32 Å². The second-order valence-electron chi connectivity index (χ2n) is 5.72. The third-order valence-corrected chi connectivity index (χ3v) is 5.52. The lowest BCUT2D eigenvalue weighted by molar-refractivity contribution is -0.150. The van der Waals surface area contributed by atoms with Gasteiger partial charge in [0.2, 0.25) is 5.91 Å². The number of carbonyl (C=O) groups excluding carboxylic acids is 2. The summed E-state index contributed by atoms with van der Waals surface area (Å²) in [6.07, 6.45) is 0. The molecule has 1 saturated heterocycles. The lowest BCUT2D eigenvalue weighted by atomic mass is 10.0. The molecule has 2 amide bonds. The van der Waals surface area contributed by atoms with E-state index >= 15 is 0 Å². The summed E-state index contributed by atoms with van der Waals surface area (Å²) in [6, 6.07) is 7.23. The van der Waals surface area contributed by atoms with E-state index in [0.29, 0.717) is 16.9 Å². The molecule has 0 bridgehead atoms. The van der Waals surface area contributed by atoms with Gasteiger partial charge in [0.1, 0.15) is 23.2 Å². The third-order valence-electron chi connectivity index (χ3n) is 4.10. The van der Waals surface area contributed by atoms with Gasteiger partial charge in [0.05, 0.1) is 0 Å². The van der Waals surface area contributed by atoms with Gasteiger partial charge >= 0.3 is 5.97 Å². The van der Waals surface area contributed by atoms with Gasteiger partial charge in [0, 0.05) is 5.75 Å². The first-order valence-corrected chi connectivity index (χ1v) is 8.45. The van der Waals surface area contributed by atoms with E-state index in [-0.39, 0.29) is 11.2 Å². The average Bonchev–Trinajstić information content (AvgIpc) is 2.59. The summed E-state index contributed by atoms with van der Waals surface area (Å²) in [5, 5.41) is 11.5. The predicted molar refractivity (Wildman–Crippen MR) is 92.3 cm³/mol. The molecule has 134 valence electrons. The van der Waals surface area contributed by atoms with Crippen LogP contribution in [-0.4, -0.2) is 50.4 Å². The summed E-state index contributed by atoms with van der Waals surface area (Å²) in [5.74, 6) is -1.50. The van der Waals surface area contributed by atoms with Crippen molar-refractivity contribution in [3.05, 3.63) is 47.2 Å². The van der Waals surface area contributed by atoms with Crippen LogP contribution in [-0.2, 0) is 14.4 Å². The van der Waals surface area contributed by atoms with Gasteiger partial charge < -0.3 is 21.6 Å². The monoisotopic (exact) mass is 365 g/mol. The van der Waals surface area contributed by atoms with Gasteiger partial charge in [-0.3, -0.25) is 14.5 Å². The van der Waals surface area contributed by atoms with E-state index in [1.54, 1.807) is 31.2 Å². The van der Waals surface area contributed by atoms with Crippen molar-refractivity contribution in [3.8, 4) is 0 Å². The molecule has 1 aromatic carbocycles. The molecule has 25 heavy (non-hydrogen) atoms. The zero-order chi connectivity index (χ0) is 17.4. The Balaban J connectivity index is 0.00000225. The molecular weight excluding hydrogens is 346 g/mol. The number of hydrogen-bond acceptors (Lipinski definition) is 5. The molecule has 2 aliphatic rings. The summed E-state index contributed by atoms with van der Waals surface area (Å²) >= 11 is 1.43. The Morgan fingerprint density at radius 3 is 2.60 bits per heavy atom. The number of amides is 2. The highest BCUT2D eigenvalue weighted by atomic mass is 32.2. The lowest BCUT2D eigenvalue weighted by Crippen LogP contribution is -2.71. The van der Waals surface area contributed by atoms with Gasteiger partial charge in [-0.05, 0) is 18.1 Å². The van der Waals surface area contributed by atoms with Gasteiger partial charge in [-0.1, -0.05) is 30.3 Å². The molecule has 3 rings (SSSR count). The highest BCUT2D eigenvalue weighted by molar-refractivity contribution is 8.00. The largest absolute Gasteiger partial charge is 0.477 e. The van der Waals surface area contributed by atoms with E-state index in [4.69, 9.17) is 5.73 Å². The number of aliphatic carboxylic acids is 1. The Hall–Kier alpha value is -2.36. The first-order valence-electron chi connectivity index (χ1n) is 7.40. The first kappa shape index (κ1) is 19.0. The Morgan fingerprint density at radius 1 is 1.36 bits per heavy atom. The van der Waals surface area contributed by atoms with E-state index in [1.165, 1.54) is 16.7 Å². The van der Waals surface area contributed by atoms with Gasteiger partial charge in [-0.25, -0.2) is 4.79 Å². The molecule has 0 aliphatic carbocycles. The molecular formula is C16H19N3O5S. The summed E-state index contributed by atoms with van der Waals surface area (Å²) in [5.41, 5.74) is 7.24. The van der Waals surface area contributed by atoms with Crippen molar-refractivity contribution in [2.75, 3.05) is 5.75 Å². The molecule has 0 aromatic heterocycles. The number of benzene rings is 1. The van der Waals surface area contributed by atoms with Crippen molar-refractivity contribution in [2.45, 2.75) is 24.4 Å². The topological polar surface area (TPSA) is 144 Å². The van der Waals surface area contributed by atoms with Crippen molar-refractivity contribution in [1.82, 2.24) is 10.2 Å². The molecule has 9 heteroatoms. The SMILES string of the molecule is CC1=C(C(=O)O)N2C(=O)[C@@H](NC(=O)[C@H](N)c3ccccc3)[C@H]2SC1.O. The van der Waals surface area contributed by atoms with Crippen LogP contribution >= 0.6 is 11.8 Å². The number of nitrogens with zero attached hydrogens (tertiary/aromatic N) is 1. The van der Waals surface area contributed by atoms with Crippen molar-refractivity contribution >= 4 is 29.5 Å². The maximum absolute atomic E-state index is 12.3. The van der Waals surface area contributed by atoms with Crippen LogP contribution in [0.4, 0.5) is 0 Å². The Kier molecular flexibility index (Phi) is 5.51. The molecule has 3 atom stereocenters. The smallest absolute Gasteiger partial charge is 0.352 e. The zero-order valence-corrected chi connectivity index (χ0v) is 14.2. The maximum Gasteiger partial charge on any atom is 0.352 e. The standard InChI is InChI=1S/C16H17N3O4S.H2O/c1-8-7-24-15-11(14(21)19(15)12(8)16(22)23)18-13(20)10(17)9-5-3-2-4-6-9;/h2-6,10-11,15H,7,17H2,1H3,(H,18,20)(H,22,23);1H2/t10-,11-,15-;/m1./s1. The third kappa shape index (κ3) is 3.26. The second-order valence-corrected chi connectivity index (χ2v) is 6.82. The Morgan fingerprint density at radius 2 is 2.00 bits per heavy atom. The number of nitrogens with two attached hydrogens (primary N) is 1. The van der Waals surface area contributed by atoms with E-state index in [0.717, 1.165) is 0 Å². The average molecular weight is 365 g/mol. The van der Waals surface area contributed by atoms with Crippen LogP contribution in [0.25, 0.3) is 0 Å². The molecule has 2 heterocycles. The predicted octanol–water partition coefficient (Wildman–Crippen LogP) is -0.380. The minimum atomic E-state index is -1.13. The molecule has 1 fully saturated rings. The van der Waals surface area contributed by atoms with Crippen molar-refractivity contribution in [3.63, 3.8) is 0 Å². The van der Waals surface area contributed by atoms with Crippen LogP contribution in [0, 0.1) is 0 Å². The highest BCUT2D eigenvalue weighted by Gasteiger charge is 2.53. The highest BCUT2D eigenvalue weighted by Crippen LogP contribution is 2.40. The number of rotatable bonds is 4. The van der Waals surface area contributed by atoms with Gasteiger partial charge in [0.15, 0.2) is 0 Å². The van der Waals surface area contributed by atoms with Gasteiger partial charge in [-0.2, -0.15) is 0 Å². The fourth-order valence-corrected chi connectivity index (χ4v) is 4.12. The Labute approximate surface area is 148 Å². The number of thioether (sulfide) groups is 1. The van der Waals surface area contributed by atoms with E-state index in [9.17, 15) is 19.5 Å². The zero-order valence-electron chi connectivity index (χ0n) is 13.4. The van der Waals surface area contributed by atoms with E-state index < -0.39 is 35.2 Å². The molecule has 8 nitrogen and oxygen atoms in total. The minimum Gasteiger partial charge on any atom is -0.477 e. The molecule has 0 radical (unpaired) electrons. The number of fused-ring (bicyclic) bond motifs is 1. The Bertz CT molecular complexity index is 737. The van der Waals surface area contributed by atoms with Crippen molar-refractivity contribution in [2.24, 2.45) is 5.73 Å². The van der Waals surface area contributed by atoms with Gasteiger partial charge in [-0.15, -0.1) is 11.8 Å². The molecule has 0 spiro atoms. The van der Waals surface area contributed by atoms with Crippen LogP contribution in [0.3, 0.4) is 0 Å².